The highest BCUT2D eigenvalue weighted by molar-refractivity contribution is 5.58. The van der Waals surface area contributed by atoms with Crippen molar-refractivity contribution in [2.75, 3.05) is 5.32 Å². The second-order valence-electron chi connectivity index (χ2n) is 3.48. The van der Waals surface area contributed by atoms with Crippen LogP contribution in [0.3, 0.4) is 0 Å². The van der Waals surface area contributed by atoms with Gasteiger partial charge in [-0.1, -0.05) is 6.92 Å². The third-order valence-corrected chi connectivity index (χ3v) is 2.25. The number of pyridine rings is 1. The van der Waals surface area contributed by atoms with Crippen molar-refractivity contribution < 1.29 is 4.39 Å². The molecule has 2 aromatic heterocycles. The Balaban J connectivity index is 2.30. The molecule has 0 radical (unpaired) electrons. The summed E-state index contributed by atoms with van der Waals surface area (Å²) in [6.07, 6.45) is 4.15. The fraction of sp³-hybridized carbons (Fsp3) is 0.273. The largest absolute Gasteiger partial charge is 0.335 e. The van der Waals surface area contributed by atoms with Crippen molar-refractivity contribution in [2.24, 2.45) is 7.05 Å². The molecular formula is C11H13FN4. The number of rotatable bonds is 3. The molecule has 1 N–H and O–H groups in total. The summed E-state index contributed by atoms with van der Waals surface area (Å²) < 4.78 is 15.1. The van der Waals surface area contributed by atoms with E-state index >= 15 is 0 Å². The van der Waals surface area contributed by atoms with Crippen LogP contribution in [0.5, 0.6) is 0 Å². The van der Waals surface area contributed by atoms with Gasteiger partial charge in [0.15, 0.2) is 11.6 Å². The van der Waals surface area contributed by atoms with Crippen LogP contribution in [-0.2, 0) is 13.5 Å². The first kappa shape index (κ1) is 10.6. The fourth-order valence-electron chi connectivity index (χ4n) is 1.51. The monoisotopic (exact) mass is 220 g/mol. The maximum atomic E-state index is 13.4. The smallest absolute Gasteiger partial charge is 0.166 e. The van der Waals surface area contributed by atoms with Gasteiger partial charge in [-0.3, -0.25) is 4.68 Å². The van der Waals surface area contributed by atoms with Crippen molar-refractivity contribution in [3.63, 3.8) is 0 Å². The Labute approximate surface area is 93.1 Å². The molecule has 84 valence electrons. The van der Waals surface area contributed by atoms with Gasteiger partial charge in [-0.05, 0) is 18.6 Å². The van der Waals surface area contributed by atoms with E-state index < -0.39 is 0 Å². The van der Waals surface area contributed by atoms with Gasteiger partial charge in [0.1, 0.15) is 0 Å². The number of halogens is 1. The predicted molar refractivity (Wildman–Crippen MR) is 60.1 cm³/mol. The predicted octanol–water partition coefficient (Wildman–Crippen LogP) is 2.26. The summed E-state index contributed by atoms with van der Waals surface area (Å²) in [6.45, 7) is 2.00. The highest BCUT2D eigenvalue weighted by Crippen LogP contribution is 2.20. The minimum atomic E-state index is -0.367. The molecule has 0 atom stereocenters. The van der Waals surface area contributed by atoms with Gasteiger partial charge < -0.3 is 5.32 Å². The van der Waals surface area contributed by atoms with E-state index in [4.69, 9.17) is 0 Å². The molecule has 0 spiro atoms. The van der Waals surface area contributed by atoms with Crippen LogP contribution in [0.2, 0.25) is 0 Å². The minimum Gasteiger partial charge on any atom is -0.335 e. The molecule has 4 nitrogen and oxygen atoms in total. The molecule has 0 saturated carbocycles. The summed E-state index contributed by atoms with van der Waals surface area (Å²) in [7, 11) is 1.83. The average molecular weight is 220 g/mol. The van der Waals surface area contributed by atoms with E-state index in [0.717, 1.165) is 17.8 Å². The SMILES string of the molecule is CCc1nn(C)cc1Nc1ncccc1F. The number of aryl methyl sites for hydroxylation is 2. The lowest BCUT2D eigenvalue weighted by molar-refractivity contribution is 0.626. The highest BCUT2D eigenvalue weighted by atomic mass is 19.1. The standard InChI is InChI=1S/C11H13FN4/c1-3-9-10(7-16(2)15-9)14-11-8(12)5-4-6-13-11/h4-7H,3H2,1-2H3,(H,13,14). The van der Waals surface area contributed by atoms with Crippen LogP contribution in [0.1, 0.15) is 12.6 Å². The molecule has 0 unspecified atom stereocenters. The van der Waals surface area contributed by atoms with Gasteiger partial charge in [0.25, 0.3) is 0 Å². The minimum absolute atomic E-state index is 0.227. The third-order valence-electron chi connectivity index (χ3n) is 2.25. The van der Waals surface area contributed by atoms with Gasteiger partial charge in [-0.2, -0.15) is 5.10 Å². The average Bonchev–Trinajstić information content (AvgIpc) is 2.62. The summed E-state index contributed by atoms with van der Waals surface area (Å²) >= 11 is 0. The number of nitrogens with one attached hydrogen (secondary N) is 1. The topological polar surface area (TPSA) is 42.7 Å². The second kappa shape index (κ2) is 4.30. The van der Waals surface area contributed by atoms with Crippen LogP contribution >= 0.6 is 0 Å². The lowest BCUT2D eigenvalue weighted by atomic mass is 10.3. The van der Waals surface area contributed by atoms with Gasteiger partial charge in [-0.25, -0.2) is 9.37 Å². The van der Waals surface area contributed by atoms with Gasteiger partial charge in [0.2, 0.25) is 0 Å². The lowest BCUT2D eigenvalue weighted by Crippen LogP contribution is -1.97. The zero-order chi connectivity index (χ0) is 11.5. The molecular weight excluding hydrogens is 207 g/mol. The van der Waals surface area contributed by atoms with E-state index in [2.05, 4.69) is 15.4 Å². The Bertz CT molecular complexity index is 492. The van der Waals surface area contributed by atoms with Crippen LogP contribution in [-0.4, -0.2) is 14.8 Å². The molecule has 0 aliphatic rings. The van der Waals surface area contributed by atoms with E-state index in [1.54, 1.807) is 16.9 Å². The van der Waals surface area contributed by atoms with E-state index in [9.17, 15) is 4.39 Å². The first-order valence-electron chi connectivity index (χ1n) is 5.10. The number of nitrogens with zero attached hydrogens (tertiary/aromatic N) is 3. The Morgan fingerprint density at radius 1 is 1.50 bits per heavy atom. The van der Waals surface area contributed by atoms with Crippen molar-refractivity contribution >= 4 is 11.5 Å². The Morgan fingerprint density at radius 3 is 3.00 bits per heavy atom. The number of hydrogen-bond donors (Lipinski definition) is 1. The summed E-state index contributed by atoms with van der Waals surface area (Å²) in [6, 6.07) is 2.93. The molecule has 5 heteroatoms. The molecule has 0 aliphatic carbocycles. The first-order chi connectivity index (χ1) is 7.70. The molecule has 16 heavy (non-hydrogen) atoms. The van der Waals surface area contributed by atoms with Gasteiger partial charge in [0.05, 0.1) is 11.4 Å². The fourth-order valence-corrected chi connectivity index (χ4v) is 1.51. The van der Waals surface area contributed by atoms with Gasteiger partial charge in [-0.15, -0.1) is 0 Å². The van der Waals surface area contributed by atoms with Crippen LogP contribution in [0.4, 0.5) is 15.9 Å². The third kappa shape index (κ3) is 2.03. The number of hydrogen-bond acceptors (Lipinski definition) is 3. The van der Waals surface area contributed by atoms with Gasteiger partial charge >= 0.3 is 0 Å². The van der Waals surface area contributed by atoms with Crippen molar-refractivity contribution in [1.82, 2.24) is 14.8 Å². The second-order valence-corrected chi connectivity index (χ2v) is 3.48. The van der Waals surface area contributed by atoms with Crippen LogP contribution in [0.25, 0.3) is 0 Å². The van der Waals surface area contributed by atoms with Crippen LogP contribution in [0.15, 0.2) is 24.5 Å². The number of aromatic nitrogens is 3. The van der Waals surface area contributed by atoms with Crippen LogP contribution in [0, 0.1) is 5.82 Å². The summed E-state index contributed by atoms with van der Waals surface area (Å²) in [5.74, 6) is -0.140. The van der Waals surface area contributed by atoms with E-state index in [0.29, 0.717) is 0 Å². The highest BCUT2D eigenvalue weighted by Gasteiger charge is 2.08. The molecule has 2 heterocycles. The summed E-state index contributed by atoms with van der Waals surface area (Å²) in [5, 5.41) is 7.20. The molecule has 0 amide bonds. The van der Waals surface area contributed by atoms with Crippen LogP contribution < -0.4 is 5.32 Å². The van der Waals surface area contributed by atoms with Crippen molar-refractivity contribution in [1.29, 1.82) is 0 Å². The van der Waals surface area contributed by atoms with Crippen molar-refractivity contribution in [3.05, 3.63) is 36.0 Å². The molecule has 0 aromatic carbocycles. The summed E-state index contributed by atoms with van der Waals surface area (Å²) in [5.41, 5.74) is 1.69. The zero-order valence-electron chi connectivity index (χ0n) is 9.24. The molecule has 0 aliphatic heterocycles. The molecule has 2 rings (SSSR count). The maximum Gasteiger partial charge on any atom is 0.166 e. The van der Waals surface area contributed by atoms with Crippen molar-refractivity contribution in [2.45, 2.75) is 13.3 Å². The van der Waals surface area contributed by atoms with Gasteiger partial charge in [0, 0.05) is 19.4 Å². The van der Waals surface area contributed by atoms with Crippen molar-refractivity contribution in [3.8, 4) is 0 Å². The molecule has 0 saturated heterocycles. The number of anilines is 2. The molecule has 2 aromatic rings. The van der Waals surface area contributed by atoms with E-state index in [1.165, 1.54) is 6.07 Å². The zero-order valence-corrected chi connectivity index (χ0v) is 9.24. The molecule has 0 fully saturated rings. The maximum absolute atomic E-state index is 13.4. The Hall–Kier alpha value is -1.91. The lowest BCUT2D eigenvalue weighted by Gasteiger charge is -2.04. The first-order valence-corrected chi connectivity index (χ1v) is 5.10. The quantitative estimate of drug-likeness (QED) is 0.862. The Kier molecular flexibility index (Phi) is 2.85. The Morgan fingerprint density at radius 2 is 2.31 bits per heavy atom. The molecule has 0 bridgehead atoms. The normalized spacial score (nSPS) is 10.4. The van der Waals surface area contributed by atoms with E-state index in [-0.39, 0.29) is 11.6 Å². The summed E-state index contributed by atoms with van der Waals surface area (Å²) in [4.78, 5) is 3.94. The van der Waals surface area contributed by atoms with E-state index in [1.807, 2.05) is 20.2 Å².